The number of thiol groups is 1. The summed E-state index contributed by atoms with van der Waals surface area (Å²) in [5, 5.41) is 16.7. The molecule has 0 saturated heterocycles. The van der Waals surface area contributed by atoms with Gasteiger partial charge in [0.2, 0.25) is 0 Å². The lowest BCUT2D eigenvalue weighted by Gasteiger charge is -1.97. The molecule has 0 aliphatic rings. The van der Waals surface area contributed by atoms with Crippen molar-refractivity contribution in [2.75, 3.05) is 0 Å². The van der Waals surface area contributed by atoms with Gasteiger partial charge in [0, 0.05) is 5.56 Å². The van der Waals surface area contributed by atoms with Crippen molar-refractivity contribution in [3.63, 3.8) is 0 Å². The highest BCUT2D eigenvalue weighted by molar-refractivity contribution is 7.81. The van der Waals surface area contributed by atoms with Crippen molar-refractivity contribution in [3.8, 4) is 10.6 Å². The van der Waals surface area contributed by atoms with Crippen LogP contribution in [0.15, 0.2) is 30.3 Å². The van der Waals surface area contributed by atoms with Gasteiger partial charge < -0.3 is 5.11 Å². The van der Waals surface area contributed by atoms with Gasteiger partial charge in [-0.3, -0.25) is 4.79 Å². The van der Waals surface area contributed by atoms with Crippen LogP contribution in [0.3, 0.4) is 0 Å². The topological polar surface area (TPSA) is 63.1 Å². The third-order valence-electron chi connectivity index (χ3n) is 1.93. The highest BCUT2D eigenvalue weighted by atomic mass is 32.1. The molecule has 2 aromatic rings. The number of carbonyl (C=O) groups is 1. The van der Waals surface area contributed by atoms with Crippen molar-refractivity contribution < 1.29 is 9.90 Å². The summed E-state index contributed by atoms with van der Waals surface area (Å²) in [6.45, 7) is 0. The lowest BCUT2D eigenvalue weighted by Crippen LogP contribution is -2.04. The lowest BCUT2D eigenvalue weighted by molar-refractivity contribution is -0.136. The van der Waals surface area contributed by atoms with Gasteiger partial charge in [0.1, 0.15) is 10.0 Å². The van der Waals surface area contributed by atoms with Crippen molar-refractivity contribution in [3.05, 3.63) is 35.3 Å². The first-order chi connectivity index (χ1) is 7.68. The standard InChI is InChI=1S/C10H8N2O2S2/c13-10(14)7(15)9-12-11-8(16-9)6-4-2-1-3-5-6/h1-5,7,15H,(H,13,14). The molecule has 2 rings (SSSR count). The van der Waals surface area contributed by atoms with E-state index in [0.29, 0.717) is 10.0 Å². The molecule has 0 spiro atoms. The molecule has 1 N–H and O–H groups in total. The maximum absolute atomic E-state index is 10.7. The quantitative estimate of drug-likeness (QED) is 0.822. The van der Waals surface area contributed by atoms with E-state index in [9.17, 15) is 4.79 Å². The summed E-state index contributed by atoms with van der Waals surface area (Å²) in [5.41, 5.74) is 0.928. The molecule has 82 valence electrons. The number of carboxylic acid groups (broad SMARTS) is 1. The Morgan fingerprint density at radius 1 is 1.31 bits per heavy atom. The number of nitrogens with zero attached hydrogens (tertiary/aromatic N) is 2. The van der Waals surface area contributed by atoms with Crippen LogP contribution in [0.4, 0.5) is 0 Å². The van der Waals surface area contributed by atoms with Crippen LogP contribution < -0.4 is 0 Å². The number of aliphatic carboxylic acids is 1. The Morgan fingerprint density at radius 2 is 2.00 bits per heavy atom. The number of carboxylic acids is 1. The molecule has 0 bridgehead atoms. The molecular formula is C10H8N2O2S2. The molecule has 4 nitrogen and oxygen atoms in total. The first-order valence-corrected chi connectivity index (χ1v) is 5.81. The zero-order valence-electron chi connectivity index (χ0n) is 8.07. The van der Waals surface area contributed by atoms with Crippen molar-refractivity contribution >= 4 is 29.9 Å². The molecule has 1 unspecified atom stereocenters. The number of aromatic nitrogens is 2. The third kappa shape index (κ3) is 2.23. The summed E-state index contributed by atoms with van der Waals surface area (Å²) < 4.78 is 0. The van der Waals surface area contributed by atoms with Crippen LogP contribution in [0.2, 0.25) is 0 Å². The molecular weight excluding hydrogens is 244 g/mol. The van der Waals surface area contributed by atoms with Crippen LogP contribution in [-0.4, -0.2) is 21.3 Å². The van der Waals surface area contributed by atoms with Crippen molar-refractivity contribution in [2.45, 2.75) is 5.25 Å². The molecule has 1 atom stereocenters. The van der Waals surface area contributed by atoms with E-state index in [1.165, 1.54) is 11.3 Å². The molecule has 0 radical (unpaired) electrons. The number of rotatable bonds is 3. The average molecular weight is 252 g/mol. The normalized spacial score (nSPS) is 12.3. The van der Waals surface area contributed by atoms with Gasteiger partial charge in [-0.1, -0.05) is 41.7 Å². The van der Waals surface area contributed by atoms with Gasteiger partial charge >= 0.3 is 5.97 Å². The number of hydrogen-bond acceptors (Lipinski definition) is 5. The van der Waals surface area contributed by atoms with Crippen LogP contribution in [0.1, 0.15) is 10.3 Å². The fourth-order valence-electron chi connectivity index (χ4n) is 1.15. The largest absolute Gasteiger partial charge is 0.480 e. The minimum atomic E-state index is -1.01. The maximum atomic E-state index is 10.7. The number of hydrogen-bond donors (Lipinski definition) is 2. The number of benzene rings is 1. The second-order valence-electron chi connectivity index (χ2n) is 3.05. The van der Waals surface area contributed by atoms with Gasteiger partial charge in [0.05, 0.1) is 0 Å². The van der Waals surface area contributed by atoms with Gasteiger partial charge in [0.25, 0.3) is 0 Å². The van der Waals surface area contributed by atoms with E-state index in [4.69, 9.17) is 5.11 Å². The highest BCUT2D eigenvalue weighted by Crippen LogP contribution is 2.29. The fraction of sp³-hybridized carbons (Fsp3) is 0.100. The van der Waals surface area contributed by atoms with E-state index in [2.05, 4.69) is 22.8 Å². The van der Waals surface area contributed by atoms with E-state index in [-0.39, 0.29) is 0 Å². The molecule has 0 amide bonds. The molecule has 0 aliphatic heterocycles. The first kappa shape index (κ1) is 11.1. The zero-order chi connectivity index (χ0) is 11.5. The predicted octanol–water partition coefficient (Wildman–Crippen LogP) is 2.26. The minimum Gasteiger partial charge on any atom is -0.480 e. The van der Waals surface area contributed by atoms with E-state index in [1.54, 1.807) is 0 Å². The Labute approximate surface area is 101 Å². The second kappa shape index (κ2) is 4.63. The summed E-state index contributed by atoms with van der Waals surface area (Å²) in [7, 11) is 0. The Bertz CT molecular complexity index is 499. The zero-order valence-corrected chi connectivity index (χ0v) is 9.78. The summed E-state index contributed by atoms with van der Waals surface area (Å²) in [6, 6.07) is 9.50. The summed E-state index contributed by atoms with van der Waals surface area (Å²) in [4.78, 5) is 10.7. The van der Waals surface area contributed by atoms with Crippen molar-refractivity contribution in [2.24, 2.45) is 0 Å². The summed E-state index contributed by atoms with van der Waals surface area (Å²) in [5.74, 6) is -1.01. The Morgan fingerprint density at radius 3 is 2.62 bits per heavy atom. The lowest BCUT2D eigenvalue weighted by atomic mass is 10.2. The molecule has 0 saturated carbocycles. The first-order valence-electron chi connectivity index (χ1n) is 4.48. The van der Waals surface area contributed by atoms with Crippen LogP contribution >= 0.6 is 24.0 Å². The van der Waals surface area contributed by atoms with E-state index >= 15 is 0 Å². The van der Waals surface area contributed by atoms with Crippen molar-refractivity contribution in [1.82, 2.24) is 10.2 Å². The van der Waals surface area contributed by atoms with E-state index in [1.807, 2.05) is 30.3 Å². The van der Waals surface area contributed by atoms with Crippen LogP contribution in [-0.2, 0) is 4.79 Å². The molecule has 1 aromatic carbocycles. The average Bonchev–Trinajstić information content (AvgIpc) is 2.78. The van der Waals surface area contributed by atoms with E-state index < -0.39 is 11.2 Å². The molecule has 1 heterocycles. The third-order valence-corrected chi connectivity index (χ3v) is 3.61. The van der Waals surface area contributed by atoms with Crippen LogP contribution in [0.5, 0.6) is 0 Å². The van der Waals surface area contributed by atoms with Gasteiger partial charge in [0.15, 0.2) is 5.25 Å². The summed E-state index contributed by atoms with van der Waals surface area (Å²) >= 11 is 5.19. The maximum Gasteiger partial charge on any atom is 0.323 e. The molecule has 1 aromatic heterocycles. The Hall–Kier alpha value is -1.40. The van der Waals surface area contributed by atoms with Crippen LogP contribution in [0.25, 0.3) is 10.6 Å². The Kier molecular flexibility index (Phi) is 3.21. The van der Waals surface area contributed by atoms with Gasteiger partial charge in [-0.05, 0) is 0 Å². The molecule has 16 heavy (non-hydrogen) atoms. The highest BCUT2D eigenvalue weighted by Gasteiger charge is 2.20. The summed E-state index contributed by atoms with van der Waals surface area (Å²) in [6.07, 6.45) is 0. The molecule has 0 aliphatic carbocycles. The van der Waals surface area contributed by atoms with Crippen LogP contribution in [0, 0.1) is 0 Å². The Balaban J connectivity index is 2.30. The fourth-order valence-corrected chi connectivity index (χ4v) is 2.19. The minimum absolute atomic E-state index is 0.398. The molecule has 6 heteroatoms. The molecule has 0 fully saturated rings. The van der Waals surface area contributed by atoms with Gasteiger partial charge in [-0.25, -0.2) is 0 Å². The van der Waals surface area contributed by atoms with Gasteiger partial charge in [-0.15, -0.1) is 10.2 Å². The smallest absolute Gasteiger partial charge is 0.323 e. The van der Waals surface area contributed by atoms with Gasteiger partial charge in [-0.2, -0.15) is 12.6 Å². The monoisotopic (exact) mass is 252 g/mol. The van der Waals surface area contributed by atoms with Crippen molar-refractivity contribution in [1.29, 1.82) is 0 Å². The van der Waals surface area contributed by atoms with E-state index in [0.717, 1.165) is 5.56 Å². The second-order valence-corrected chi connectivity index (χ2v) is 4.58. The predicted molar refractivity (Wildman–Crippen MR) is 64.7 cm³/mol. The SMILES string of the molecule is O=C(O)C(S)c1nnc(-c2ccccc2)s1.